The molecule has 0 spiro atoms. The van der Waals surface area contributed by atoms with Gasteiger partial charge in [-0.05, 0) is 37.3 Å². The number of aromatic hydroxyl groups is 1. The predicted molar refractivity (Wildman–Crippen MR) is 80.3 cm³/mol. The lowest BCUT2D eigenvalue weighted by Crippen LogP contribution is -2.19. The van der Waals surface area contributed by atoms with Crippen molar-refractivity contribution < 1.29 is 19.4 Å². The molecule has 1 aliphatic rings. The fourth-order valence-electron chi connectivity index (χ4n) is 2.08. The number of benzene rings is 2. The van der Waals surface area contributed by atoms with E-state index in [-0.39, 0.29) is 18.4 Å². The number of para-hydroxylation sites is 1. The van der Waals surface area contributed by atoms with Gasteiger partial charge in [0.25, 0.3) is 5.91 Å². The van der Waals surface area contributed by atoms with Crippen LogP contribution in [0.3, 0.4) is 0 Å². The molecule has 6 heteroatoms. The van der Waals surface area contributed by atoms with Crippen molar-refractivity contribution in [2.75, 3.05) is 6.79 Å². The maximum Gasteiger partial charge on any atom is 0.271 e. The largest absolute Gasteiger partial charge is 0.507 e. The van der Waals surface area contributed by atoms with Gasteiger partial charge in [0.05, 0.1) is 5.71 Å². The smallest absolute Gasteiger partial charge is 0.271 e. The van der Waals surface area contributed by atoms with Gasteiger partial charge in [0.1, 0.15) is 5.75 Å². The Hall–Kier alpha value is -3.02. The van der Waals surface area contributed by atoms with E-state index in [2.05, 4.69) is 10.5 Å². The summed E-state index contributed by atoms with van der Waals surface area (Å²) in [6.07, 6.45) is 0. The third-order valence-electron chi connectivity index (χ3n) is 3.25. The second-order valence-corrected chi connectivity index (χ2v) is 4.72. The zero-order valence-electron chi connectivity index (χ0n) is 11.9. The third-order valence-corrected chi connectivity index (χ3v) is 3.25. The van der Waals surface area contributed by atoms with Crippen LogP contribution in [0.15, 0.2) is 47.6 Å². The van der Waals surface area contributed by atoms with E-state index in [4.69, 9.17) is 9.47 Å². The number of amides is 1. The summed E-state index contributed by atoms with van der Waals surface area (Å²) in [5.74, 6) is 0.897. The first-order valence-corrected chi connectivity index (χ1v) is 6.68. The topological polar surface area (TPSA) is 80.2 Å². The first-order valence-electron chi connectivity index (χ1n) is 6.68. The van der Waals surface area contributed by atoms with Crippen molar-refractivity contribution in [3.8, 4) is 17.2 Å². The van der Waals surface area contributed by atoms with Crippen LogP contribution in [0, 0.1) is 0 Å². The van der Waals surface area contributed by atoms with Crippen LogP contribution in [0.25, 0.3) is 0 Å². The van der Waals surface area contributed by atoms with Crippen LogP contribution in [-0.2, 0) is 0 Å². The van der Waals surface area contributed by atoms with Crippen molar-refractivity contribution in [2.45, 2.75) is 6.92 Å². The number of phenols is 1. The zero-order chi connectivity index (χ0) is 15.5. The highest BCUT2D eigenvalue weighted by molar-refractivity contribution is 6.02. The van der Waals surface area contributed by atoms with E-state index in [1.165, 1.54) is 0 Å². The summed E-state index contributed by atoms with van der Waals surface area (Å²) < 4.78 is 10.4. The number of carbonyl (C=O) groups is 1. The standard InChI is InChI=1S/C16H14N2O4/c1-10(12-4-2-3-5-13(12)19)17-18-16(20)11-6-7-14-15(8-11)22-9-21-14/h2-8,19H,9H2,1H3,(H,18,20). The molecular weight excluding hydrogens is 284 g/mol. The highest BCUT2D eigenvalue weighted by Crippen LogP contribution is 2.32. The lowest BCUT2D eigenvalue weighted by atomic mass is 10.1. The molecular formula is C16H14N2O4. The highest BCUT2D eigenvalue weighted by Gasteiger charge is 2.16. The summed E-state index contributed by atoms with van der Waals surface area (Å²) in [6.45, 7) is 1.86. The molecule has 0 fully saturated rings. The van der Waals surface area contributed by atoms with Gasteiger partial charge in [-0.1, -0.05) is 12.1 Å². The Morgan fingerprint density at radius 1 is 1.18 bits per heavy atom. The third kappa shape index (κ3) is 2.71. The summed E-state index contributed by atoms with van der Waals surface area (Å²) in [5, 5.41) is 13.8. The van der Waals surface area contributed by atoms with E-state index in [0.717, 1.165) is 0 Å². The molecule has 112 valence electrons. The molecule has 1 aliphatic heterocycles. The van der Waals surface area contributed by atoms with Gasteiger partial charge in [-0.25, -0.2) is 5.43 Å². The normalized spacial score (nSPS) is 13.0. The molecule has 2 aromatic carbocycles. The average molecular weight is 298 g/mol. The number of phenolic OH excluding ortho intramolecular Hbond substituents is 1. The molecule has 0 aliphatic carbocycles. The molecule has 0 radical (unpaired) electrons. The quantitative estimate of drug-likeness (QED) is 0.673. The minimum Gasteiger partial charge on any atom is -0.507 e. The predicted octanol–water partition coefficient (Wildman–Crippen LogP) is 2.27. The molecule has 1 amide bonds. The Balaban J connectivity index is 1.74. The Labute approximate surface area is 127 Å². The zero-order valence-corrected chi connectivity index (χ0v) is 11.9. The van der Waals surface area contributed by atoms with Crippen LogP contribution in [0.5, 0.6) is 17.2 Å². The van der Waals surface area contributed by atoms with Crippen LogP contribution >= 0.6 is 0 Å². The molecule has 22 heavy (non-hydrogen) atoms. The molecule has 2 aromatic rings. The van der Waals surface area contributed by atoms with E-state index in [0.29, 0.717) is 28.3 Å². The number of carbonyl (C=O) groups excluding carboxylic acids is 1. The van der Waals surface area contributed by atoms with Gasteiger partial charge in [-0.3, -0.25) is 4.79 Å². The molecule has 0 bridgehead atoms. The minimum atomic E-state index is -0.368. The first kappa shape index (κ1) is 13.9. The molecule has 2 N–H and O–H groups in total. The molecule has 0 saturated heterocycles. The second-order valence-electron chi connectivity index (χ2n) is 4.72. The molecule has 0 saturated carbocycles. The summed E-state index contributed by atoms with van der Waals surface area (Å²) in [7, 11) is 0. The summed E-state index contributed by atoms with van der Waals surface area (Å²) in [6, 6.07) is 11.7. The summed E-state index contributed by atoms with van der Waals surface area (Å²) in [4.78, 5) is 12.1. The fourth-order valence-corrected chi connectivity index (χ4v) is 2.08. The number of hydrazone groups is 1. The van der Waals surface area contributed by atoms with Gasteiger partial charge in [-0.2, -0.15) is 5.10 Å². The van der Waals surface area contributed by atoms with Crippen molar-refractivity contribution in [3.05, 3.63) is 53.6 Å². The monoisotopic (exact) mass is 298 g/mol. The number of rotatable bonds is 3. The summed E-state index contributed by atoms with van der Waals surface area (Å²) >= 11 is 0. The number of fused-ring (bicyclic) bond motifs is 1. The Bertz CT molecular complexity index is 756. The van der Waals surface area contributed by atoms with Gasteiger partial charge in [0, 0.05) is 11.1 Å². The highest BCUT2D eigenvalue weighted by atomic mass is 16.7. The SMILES string of the molecule is CC(=NNC(=O)c1ccc2c(c1)OCO2)c1ccccc1O. The van der Waals surface area contributed by atoms with Crippen molar-refractivity contribution in [1.29, 1.82) is 0 Å². The van der Waals surface area contributed by atoms with Crippen molar-refractivity contribution in [2.24, 2.45) is 5.10 Å². The lowest BCUT2D eigenvalue weighted by Gasteiger charge is -2.05. The molecule has 1 heterocycles. The number of nitrogens with one attached hydrogen (secondary N) is 1. The van der Waals surface area contributed by atoms with Crippen LogP contribution < -0.4 is 14.9 Å². The van der Waals surface area contributed by atoms with Gasteiger partial charge in [-0.15, -0.1) is 0 Å². The van der Waals surface area contributed by atoms with Gasteiger partial charge >= 0.3 is 0 Å². The molecule has 0 aromatic heterocycles. The first-order chi connectivity index (χ1) is 10.6. The molecule has 3 rings (SSSR count). The Kier molecular flexibility index (Phi) is 3.65. The van der Waals surface area contributed by atoms with Crippen molar-refractivity contribution >= 4 is 11.6 Å². The fraction of sp³-hybridized carbons (Fsp3) is 0.125. The van der Waals surface area contributed by atoms with Crippen LogP contribution in [-0.4, -0.2) is 23.5 Å². The summed E-state index contributed by atoms with van der Waals surface area (Å²) in [5.41, 5.74) is 3.94. The van der Waals surface area contributed by atoms with Crippen molar-refractivity contribution in [3.63, 3.8) is 0 Å². The van der Waals surface area contributed by atoms with E-state index >= 15 is 0 Å². The molecule has 0 atom stereocenters. The Morgan fingerprint density at radius 3 is 2.77 bits per heavy atom. The minimum absolute atomic E-state index is 0.112. The second kappa shape index (κ2) is 5.77. The maximum atomic E-state index is 12.1. The molecule has 6 nitrogen and oxygen atoms in total. The van der Waals surface area contributed by atoms with E-state index in [9.17, 15) is 9.90 Å². The number of nitrogens with zero attached hydrogens (tertiary/aromatic N) is 1. The average Bonchev–Trinajstić information content (AvgIpc) is 3.00. The van der Waals surface area contributed by atoms with Crippen LogP contribution in [0.4, 0.5) is 0 Å². The number of hydrogen-bond acceptors (Lipinski definition) is 5. The maximum absolute atomic E-state index is 12.1. The van der Waals surface area contributed by atoms with Gasteiger partial charge < -0.3 is 14.6 Å². The number of hydrogen-bond donors (Lipinski definition) is 2. The van der Waals surface area contributed by atoms with Crippen LogP contribution in [0.2, 0.25) is 0 Å². The van der Waals surface area contributed by atoms with E-state index in [1.54, 1.807) is 49.4 Å². The lowest BCUT2D eigenvalue weighted by molar-refractivity contribution is 0.0954. The van der Waals surface area contributed by atoms with Crippen molar-refractivity contribution in [1.82, 2.24) is 5.43 Å². The molecule has 0 unspecified atom stereocenters. The van der Waals surface area contributed by atoms with E-state index in [1.807, 2.05) is 0 Å². The van der Waals surface area contributed by atoms with Gasteiger partial charge in [0.15, 0.2) is 11.5 Å². The van der Waals surface area contributed by atoms with E-state index < -0.39 is 0 Å². The Morgan fingerprint density at radius 2 is 1.95 bits per heavy atom. The van der Waals surface area contributed by atoms with Gasteiger partial charge in [0.2, 0.25) is 6.79 Å². The number of ether oxygens (including phenoxy) is 2. The van der Waals surface area contributed by atoms with Crippen LogP contribution in [0.1, 0.15) is 22.8 Å².